The van der Waals surface area contributed by atoms with E-state index in [1.165, 1.54) is 6.07 Å². The molecule has 0 fully saturated rings. The third-order valence-electron chi connectivity index (χ3n) is 3.66. The number of hydrogen-bond acceptors (Lipinski definition) is 3. The summed E-state index contributed by atoms with van der Waals surface area (Å²) >= 11 is 6.15. The van der Waals surface area contributed by atoms with Crippen molar-refractivity contribution in [2.45, 2.75) is 27.2 Å². The fourth-order valence-electron chi connectivity index (χ4n) is 2.35. The fourth-order valence-corrected chi connectivity index (χ4v) is 2.53. The molecule has 22 heavy (non-hydrogen) atoms. The quantitative estimate of drug-likeness (QED) is 0.619. The van der Waals surface area contributed by atoms with Crippen LogP contribution >= 0.6 is 11.6 Å². The van der Waals surface area contributed by atoms with Gasteiger partial charge in [0.15, 0.2) is 0 Å². The van der Waals surface area contributed by atoms with Gasteiger partial charge in [0.05, 0.1) is 20.9 Å². The summed E-state index contributed by atoms with van der Waals surface area (Å²) in [5, 5.41) is 0.235. The molecule has 0 unspecified atom stereocenters. The number of pyridine rings is 1. The van der Waals surface area contributed by atoms with Gasteiger partial charge in [0, 0.05) is 5.69 Å². The molecule has 1 aliphatic heterocycles. The predicted octanol–water partition coefficient (Wildman–Crippen LogP) is 4.05. The standard InChI is InChI=1S/C16H14BClN2O2/c1-9-11-8-21-17(3)12(11)5-6-15(9)22-16-13(18)7-14(19-4)10(2)20-16/h5-7H,8H2,1-3H3/i8D2. The second kappa shape index (κ2) is 5.64. The summed E-state index contributed by atoms with van der Waals surface area (Å²) in [4.78, 5) is 7.58. The van der Waals surface area contributed by atoms with Crippen LogP contribution in [0.1, 0.15) is 19.6 Å². The molecule has 2 aromatic rings. The summed E-state index contributed by atoms with van der Waals surface area (Å²) in [6.07, 6.45) is 0. The number of halogens is 1. The predicted molar refractivity (Wildman–Crippen MR) is 87.5 cm³/mol. The maximum atomic E-state index is 8.06. The lowest BCUT2D eigenvalue weighted by Gasteiger charge is -2.13. The van der Waals surface area contributed by atoms with Gasteiger partial charge in [-0.1, -0.05) is 24.5 Å². The third-order valence-corrected chi connectivity index (χ3v) is 3.93. The topological polar surface area (TPSA) is 35.7 Å². The molecule has 0 atom stereocenters. The van der Waals surface area contributed by atoms with E-state index in [2.05, 4.69) is 9.83 Å². The number of aryl methyl sites for hydroxylation is 1. The van der Waals surface area contributed by atoms with Crippen molar-refractivity contribution in [3.8, 4) is 11.6 Å². The highest BCUT2D eigenvalue weighted by atomic mass is 35.5. The van der Waals surface area contributed by atoms with E-state index in [1.54, 1.807) is 26.0 Å². The summed E-state index contributed by atoms with van der Waals surface area (Å²) in [6.45, 7) is 10.2. The van der Waals surface area contributed by atoms with Gasteiger partial charge in [-0.25, -0.2) is 9.83 Å². The van der Waals surface area contributed by atoms with Crippen LogP contribution in [0.2, 0.25) is 11.8 Å². The van der Waals surface area contributed by atoms with Gasteiger partial charge in [0.2, 0.25) is 11.6 Å². The Hall–Kier alpha value is -2.03. The number of benzene rings is 1. The van der Waals surface area contributed by atoms with Gasteiger partial charge in [0.1, 0.15) is 5.75 Å². The van der Waals surface area contributed by atoms with Crippen molar-refractivity contribution in [1.82, 2.24) is 4.98 Å². The van der Waals surface area contributed by atoms with Crippen molar-refractivity contribution < 1.29 is 12.1 Å². The zero-order valence-electron chi connectivity index (χ0n) is 14.4. The highest BCUT2D eigenvalue weighted by Crippen LogP contribution is 2.34. The number of ether oxygens (including phenoxy) is 1. The van der Waals surface area contributed by atoms with Gasteiger partial charge in [0.25, 0.3) is 0 Å². The molecular weight excluding hydrogens is 298 g/mol. The highest BCUT2D eigenvalue weighted by molar-refractivity contribution is 6.67. The van der Waals surface area contributed by atoms with Crippen LogP contribution in [0.15, 0.2) is 18.2 Å². The Kier molecular flexibility index (Phi) is 3.21. The van der Waals surface area contributed by atoms with Crippen LogP contribution in [0.4, 0.5) is 5.69 Å². The average Bonchev–Trinajstić information content (AvgIpc) is 2.74. The summed E-state index contributed by atoms with van der Waals surface area (Å²) in [7, 11) is 0. The Morgan fingerprint density at radius 2 is 2.27 bits per heavy atom. The van der Waals surface area contributed by atoms with E-state index in [0.717, 1.165) is 5.46 Å². The fraction of sp³-hybridized carbons (Fsp3) is 0.250. The van der Waals surface area contributed by atoms with Crippen molar-refractivity contribution in [1.29, 1.82) is 0 Å². The third kappa shape index (κ3) is 2.45. The molecule has 3 rings (SSSR count). The monoisotopic (exact) mass is 314 g/mol. The Morgan fingerprint density at radius 1 is 1.50 bits per heavy atom. The minimum atomic E-state index is -1.86. The molecule has 6 heteroatoms. The Morgan fingerprint density at radius 3 is 3.00 bits per heavy atom. The summed E-state index contributed by atoms with van der Waals surface area (Å²) in [5.74, 6) is 0.650. The first kappa shape index (κ1) is 12.5. The van der Waals surface area contributed by atoms with Crippen LogP contribution in [0.25, 0.3) is 4.85 Å². The first-order valence-corrected chi connectivity index (χ1v) is 7.16. The molecule has 1 aromatic carbocycles. The smallest absolute Gasteiger partial charge is 0.324 e. The van der Waals surface area contributed by atoms with E-state index in [9.17, 15) is 0 Å². The minimum Gasteiger partial charge on any atom is -0.437 e. The molecule has 0 spiro atoms. The molecule has 4 nitrogen and oxygen atoms in total. The zero-order chi connectivity index (χ0) is 17.6. The van der Waals surface area contributed by atoms with Crippen molar-refractivity contribution in [2.24, 2.45) is 0 Å². The first-order chi connectivity index (χ1) is 11.2. The molecule has 1 aromatic heterocycles. The van der Waals surface area contributed by atoms with E-state index in [4.69, 9.17) is 30.3 Å². The molecule has 0 amide bonds. The van der Waals surface area contributed by atoms with Gasteiger partial charge in [-0.05, 0) is 42.6 Å². The van der Waals surface area contributed by atoms with Gasteiger partial charge >= 0.3 is 6.92 Å². The van der Waals surface area contributed by atoms with E-state index < -0.39 is 6.56 Å². The van der Waals surface area contributed by atoms with E-state index >= 15 is 0 Å². The van der Waals surface area contributed by atoms with Crippen molar-refractivity contribution in [3.63, 3.8) is 0 Å². The average molecular weight is 315 g/mol. The lowest BCUT2D eigenvalue weighted by Crippen LogP contribution is -2.24. The zero-order valence-corrected chi connectivity index (χ0v) is 13.2. The molecule has 110 valence electrons. The maximum Gasteiger partial charge on any atom is 0.324 e. The van der Waals surface area contributed by atoms with Crippen LogP contribution in [0.5, 0.6) is 11.6 Å². The van der Waals surface area contributed by atoms with E-state index in [1.807, 2.05) is 6.82 Å². The first-order valence-electron chi connectivity index (χ1n) is 7.79. The largest absolute Gasteiger partial charge is 0.437 e. The van der Waals surface area contributed by atoms with Gasteiger partial charge in [-0.3, -0.25) is 0 Å². The molecular formula is C16H14BClN2O2. The van der Waals surface area contributed by atoms with Crippen molar-refractivity contribution >= 4 is 29.7 Å². The van der Waals surface area contributed by atoms with Gasteiger partial charge in [-0.2, -0.15) is 0 Å². The van der Waals surface area contributed by atoms with Crippen LogP contribution in [0.3, 0.4) is 0 Å². The molecule has 0 bridgehead atoms. The van der Waals surface area contributed by atoms with Crippen LogP contribution in [0, 0.1) is 20.4 Å². The summed E-state index contributed by atoms with van der Waals surface area (Å²) < 4.78 is 27.3. The molecule has 2 heterocycles. The molecule has 0 aliphatic carbocycles. The maximum absolute atomic E-state index is 8.06. The van der Waals surface area contributed by atoms with E-state index in [-0.39, 0.29) is 17.8 Å². The SMILES string of the molecule is [2H]C1([2H])OB(C)c2ccc(Oc3nc(C)c([N+]#[C-])cc3Cl)c(C)c21. The van der Waals surface area contributed by atoms with Gasteiger partial charge in [-0.15, -0.1) is 0 Å². The summed E-state index contributed by atoms with van der Waals surface area (Å²) in [5.41, 5.74) is 2.83. The number of rotatable bonds is 2. The number of fused-ring (bicyclic) bond motifs is 1. The Labute approximate surface area is 137 Å². The number of aromatic nitrogens is 1. The Bertz CT molecular complexity index is 883. The minimum absolute atomic E-state index is 0.192. The second-order valence-corrected chi connectivity index (χ2v) is 5.52. The van der Waals surface area contributed by atoms with Crippen molar-refractivity contribution in [2.75, 3.05) is 0 Å². The second-order valence-electron chi connectivity index (χ2n) is 5.11. The summed E-state index contributed by atoms with van der Waals surface area (Å²) in [6, 6.07) is 5.06. The lowest BCUT2D eigenvalue weighted by molar-refractivity contribution is 0.332. The van der Waals surface area contributed by atoms with Crippen LogP contribution in [-0.2, 0) is 11.2 Å². The molecule has 0 saturated heterocycles. The number of hydrogen-bond donors (Lipinski definition) is 0. The highest BCUT2D eigenvalue weighted by Gasteiger charge is 2.26. The van der Waals surface area contributed by atoms with Crippen molar-refractivity contribution in [3.05, 3.63) is 51.5 Å². The molecule has 0 radical (unpaired) electrons. The van der Waals surface area contributed by atoms with Gasteiger partial charge < -0.3 is 9.39 Å². The lowest BCUT2D eigenvalue weighted by atomic mass is 9.64. The van der Waals surface area contributed by atoms with E-state index in [0.29, 0.717) is 28.3 Å². The van der Waals surface area contributed by atoms with Crippen LogP contribution < -0.4 is 10.2 Å². The van der Waals surface area contributed by atoms with Crippen LogP contribution in [-0.4, -0.2) is 11.9 Å². The molecule has 0 N–H and O–H groups in total. The number of nitrogens with zero attached hydrogens (tertiary/aromatic N) is 2. The molecule has 1 aliphatic rings. The molecule has 0 saturated carbocycles. The Balaban J connectivity index is 2.05. The normalized spacial score (nSPS) is 16.6.